The summed E-state index contributed by atoms with van der Waals surface area (Å²) >= 11 is 0. The van der Waals surface area contributed by atoms with E-state index in [1.807, 2.05) is 32.9 Å². The van der Waals surface area contributed by atoms with Crippen molar-refractivity contribution >= 4 is 17.5 Å². The lowest BCUT2D eigenvalue weighted by molar-refractivity contribution is -0.139. The van der Waals surface area contributed by atoms with Crippen molar-refractivity contribution in [3.8, 4) is 0 Å². The van der Waals surface area contributed by atoms with Crippen LogP contribution in [-0.2, 0) is 9.59 Å². The number of carbonyl (C=O) groups is 2. The highest BCUT2D eigenvalue weighted by Gasteiger charge is 2.22. The molecule has 0 heterocycles. The molecule has 5 nitrogen and oxygen atoms in total. The van der Waals surface area contributed by atoms with Gasteiger partial charge in [0.15, 0.2) is 0 Å². The van der Waals surface area contributed by atoms with E-state index in [1.54, 1.807) is 24.1 Å². The molecule has 21 heavy (non-hydrogen) atoms. The summed E-state index contributed by atoms with van der Waals surface area (Å²) in [5, 5.41) is 0. The summed E-state index contributed by atoms with van der Waals surface area (Å²) in [6.07, 6.45) is 0. The summed E-state index contributed by atoms with van der Waals surface area (Å²) in [6, 6.07) is 7.28. The Morgan fingerprint density at radius 2 is 1.86 bits per heavy atom. The number of rotatable bonds is 6. The van der Waals surface area contributed by atoms with Gasteiger partial charge in [-0.2, -0.15) is 0 Å². The van der Waals surface area contributed by atoms with Crippen LogP contribution in [0.15, 0.2) is 24.3 Å². The maximum Gasteiger partial charge on any atom is 0.242 e. The van der Waals surface area contributed by atoms with Crippen LogP contribution in [0.2, 0.25) is 0 Å². The number of hydrogen-bond acceptors (Lipinski definition) is 3. The SMILES string of the molecule is CCN(CC)C(=O)CN(C)C(=O)C(C)c1cccc(N)c1. The average molecular weight is 291 g/mol. The third-order valence-electron chi connectivity index (χ3n) is 3.65. The zero-order valence-electron chi connectivity index (χ0n) is 13.3. The quantitative estimate of drug-likeness (QED) is 0.811. The van der Waals surface area contributed by atoms with Crippen LogP contribution >= 0.6 is 0 Å². The lowest BCUT2D eigenvalue weighted by Gasteiger charge is -2.25. The van der Waals surface area contributed by atoms with Gasteiger partial charge in [-0.1, -0.05) is 12.1 Å². The Kier molecular flexibility index (Phi) is 6.21. The Morgan fingerprint density at radius 1 is 1.24 bits per heavy atom. The number of benzene rings is 1. The van der Waals surface area contributed by atoms with Gasteiger partial charge >= 0.3 is 0 Å². The second-order valence-electron chi connectivity index (χ2n) is 5.15. The molecule has 0 aromatic heterocycles. The predicted octanol–water partition coefficient (Wildman–Crippen LogP) is 1.70. The first kappa shape index (κ1) is 17.0. The fourth-order valence-corrected chi connectivity index (χ4v) is 2.26. The molecule has 1 aromatic rings. The van der Waals surface area contributed by atoms with Crippen LogP contribution in [0.3, 0.4) is 0 Å². The van der Waals surface area contributed by atoms with E-state index >= 15 is 0 Å². The molecule has 0 radical (unpaired) electrons. The van der Waals surface area contributed by atoms with Gasteiger partial charge in [-0.15, -0.1) is 0 Å². The second kappa shape index (κ2) is 7.67. The molecule has 0 aliphatic heterocycles. The van der Waals surface area contributed by atoms with Gasteiger partial charge in [-0.3, -0.25) is 9.59 Å². The van der Waals surface area contributed by atoms with E-state index in [2.05, 4.69) is 0 Å². The van der Waals surface area contributed by atoms with Gasteiger partial charge in [-0.25, -0.2) is 0 Å². The molecule has 5 heteroatoms. The van der Waals surface area contributed by atoms with E-state index in [0.717, 1.165) is 5.56 Å². The van der Waals surface area contributed by atoms with Crippen molar-refractivity contribution in [2.24, 2.45) is 0 Å². The number of nitrogens with two attached hydrogens (primary N) is 1. The van der Waals surface area contributed by atoms with Crippen LogP contribution in [0.4, 0.5) is 5.69 Å². The fourth-order valence-electron chi connectivity index (χ4n) is 2.26. The molecule has 0 spiro atoms. The lowest BCUT2D eigenvalue weighted by atomic mass is 9.99. The van der Waals surface area contributed by atoms with Crippen LogP contribution in [0.25, 0.3) is 0 Å². The summed E-state index contributed by atoms with van der Waals surface area (Å²) in [5.41, 5.74) is 7.24. The number of hydrogen-bond donors (Lipinski definition) is 1. The van der Waals surface area contributed by atoms with Gasteiger partial charge in [0.05, 0.1) is 12.5 Å². The van der Waals surface area contributed by atoms with Crippen molar-refractivity contribution in [2.75, 3.05) is 32.4 Å². The highest BCUT2D eigenvalue weighted by Crippen LogP contribution is 2.19. The van der Waals surface area contributed by atoms with Gasteiger partial charge in [0.2, 0.25) is 11.8 Å². The maximum absolute atomic E-state index is 12.4. The van der Waals surface area contributed by atoms with E-state index in [4.69, 9.17) is 5.73 Å². The molecule has 1 aromatic carbocycles. The van der Waals surface area contributed by atoms with E-state index in [-0.39, 0.29) is 24.3 Å². The van der Waals surface area contributed by atoms with E-state index in [1.165, 1.54) is 4.90 Å². The molecular weight excluding hydrogens is 266 g/mol. The first-order valence-electron chi connectivity index (χ1n) is 7.28. The largest absolute Gasteiger partial charge is 0.399 e. The van der Waals surface area contributed by atoms with Gasteiger partial charge in [0.1, 0.15) is 0 Å². The first-order valence-corrected chi connectivity index (χ1v) is 7.28. The van der Waals surface area contributed by atoms with Gasteiger partial charge in [0.25, 0.3) is 0 Å². The third kappa shape index (κ3) is 4.48. The number of anilines is 1. The topological polar surface area (TPSA) is 66.6 Å². The Morgan fingerprint density at radius 3 is 2.38 bits per heavy atom. The minimum atomic E-state index is -0.317. The van der Waals surface area contributed by atoms with Crippen molar-refractivity contribution < 1.29 is 9.59 Å². The summed E-state index contributed by atoms with van der Waals surface area (Å²) < 4.78 is 0. The molecular formula is C16H25N3O2. The van der Waals surface area contributed by atoms with Crippen LogP contribution in [-0.4, -0.2) is 48.3 Å². The Labute approximate surface area is 126 Å². The molecule has 0 fully saturated rings. The molecule has 1 unspecified atom stereocenters. The summed E-state index contributed by atoms with van der Waals surface area (Å²) in [4.78, 5) is 27.6. The summed E-state index contributed by atoms with van der Waals surface area (Å²) in [7, 11) is 1.66. The maximum atomic E-state index is 12.4. The number of amides is 2. The number of nitrogens with zero attached hydrogens (tertiary/aromatic N) is 2. The average Bonchev–Trinajstić information content (AvgIpc) is 2.46. The van der Waals surface area contributed by atoms with Crippen molar-refractivity contribution in [3.63, 3.8) is 0 Å². The Hall–Kier alpha value is -2.04. The van der Waals surface area contributed by atoms with E-state index in [9.17, 15) is 9.59 Å². The zero-order valence-corrected chi connectivity index (χ0v) is 13.3. The van der Waals surface area contributed by atoms with Gasteiger partial charge < -0.3 is 15.5 Å². The van der Waals surface area contributed by atoms with Gasteiger partial charge in [0, 0.05) is 25.8 Å². The van der Waals surface area contributed by atoms with Crippen molar-refractivity contribution in [3.05, 3.63) is 29.8 Å². The van der Waals surface area contributed by atoms with Crippen LogP contribution in [0.1, 0.15) is 32.3 Å². The lowest BCUT2D eigenvalue weighted by Crippen LogP contribution is -2.42. The highest BCUT2D eigenvalue weighted by molar-refractivity contribution is 5.88. The standard InChI is InChI=1S/C16H25N3O2/c1-5-19(6-2)15(20)11-18(4)16(21)12(3)13-8-7-9-14(17)10-13/h7-10,12H,5-6,11,17H2,1-4H3. The summed E-state index contributed by atoms with van der Waals surface area (Å²) in [6.45, 7) is 7.10. The molecule has 1 rings (SSSR count). The molecule has 2 N–H and O–H groups in total. The minimum absolute atomic E-state index is 0.0318. The minimum Gasteiger partial charge on any atom is -0.399 e. The number of carbonyl (C=O) groups excluding carboxylic acids is 2. The van der Waals surface area contributed by atoms with Crippen molar-refractivity contribution in [1.29, 1.82) is 0 Å². The fraction of sp³-hybridized carbons (Fsp3) is 0.500. The van der Waals surface area contributed by atoms with Crippen molar-refractivity contribution in [2.45, 2.75) is 26.7 Å². The Bertz CT molecular complexity index is 498. The van der Waals surface area contributed by atoms with Crippen LogP contribution < -0.4 is 5.73 Å². The molecule has 2 amide bonds. The first-order chi connectivity index (χ1) is 9.90. The number of likely N-dealkylation sites (N-methyl/N-ethyl adjacent to an activating group) is 2. The van der Waals surface area contributed by atoms with Crippen LogP contribution in [0, 0.1) is 0 Å². The zero-order chi connectivity index (χ0) is 16.0. The molecule has 116 valence electrons. The molecule has 0 aliphatic rings. The highest BCUT2D eigenvalue weighted by atomic mass is 16.2. The molecule has 0 saturated carbocycles. The molecule has 0 saturated heterocycles. The predicted molar refractivity (Wildman–Crippen MR) is 84.8 cm³/mol. The summed E-state index contributed by atoms with van der Waals surface area (Å²) in [5.74, 6) is -0.431. The van der Waals surface area contributed by atoms with Gasteiger partial charge in [-0.05, 0) is 38.5 Å². The van der Waals surface area contributed by atoms with Crippen molar-refractivity contribution in [1.82, 2.24) is 9.80 Å². The normalized spacial score (nSPS) is 11.8. The van der Waals surface area contributed by atoms with Crippen LogP contribution in [0.5, 0.6) is 0 Å². The number of nitrogen functional groups attached to an aromatic ring is 1. The van der Waals surface area contributed by atoms with E-state index in [0.29, 0.717) is 18.8 Å². The van der Waals surface area contributed by atoms with E-state index < -0.39 is 0 Å². The molecule has 0 bridgehead atoms. The smallest absolute Gasteiger partial charge is 0.242 e. The molecule has 0 aliphatic carbocycles. The molecule has 1 atom stereocenters. The second-order valence-corrected chi connectivity index (χ2v) is 5.15. The monoisotopic (exact) mass is 291 g/mol. The third-order valence-corrected chi connectivity index (χ3v) is 3.65. The Balaban J connectivity index is 2.72.